The molecule has 3 N–H and O–H groups in total. The molecular formula is C10H21ClN4O2. The second-order valence-corrected chi connectivity index (χ2v) is 4.23. The van der Waals surface area contributed by atoms with E-state index in [9.17, 15) is 4.79 Å². The number of ether oxygens (including phenoxy) is 1. The Morgan fingerprint density at radius 3 is 3.00 bits per heavy atom. The van der Waals surface area contributed by atoms with Gasteiger partial charge in [-0.15, -0.1) is 12.4 Å². The average molecular weight is 265 g/mol. The van der Waals surface area contributed by atoms with Crippen LogP contribution in [-0.4, -0.2) is 74.4 Å². The lowest BCUT2D eigenvalue weighted by Gasteiger charge is -2.36. The summed E-state index contributed by atoms with van der Waals surface area (Å²) < 4.78 is 5.36. The van der Waals surface area contributed by atoms with Gasteiger partial charge in [-0.25, -0.2) is 4.79 Å². The van der Waals surface area contributed by atoms with Gasteiger partial charge in [-0.05, 0) is 0 Å². The lowest BCUT2D eigenvalue weighted by atomic mass is 10.2. The number of rotatable bonds is 5. The first-order valence-electron chi connectivity index (χ1n) is 5.86. The molecule has 0 radical (unpaired) electrons. The van der Waals surface area contributed by atoms with Crippen LogP contribution in [0.4, 0.5) is 4.79 Å². The first kappa shape index (κ1) is 14.5. The van der Waals surface area contributed by atoms with Crippen molar-refractivity contribution in [3.63, 3.8) is 0 Å². The number of carbonyl (C=O) groups is 1. The second kappa shape index (κ2) is 7.00. The summed E-state index contributed by atoms with van der Waals surface area (Å²) in [5.41, 5.74) is 5.34. The molecule has 0 aromatic rings. The van der Waals surface area contributed by atoms with Gasteiger partial charge in [-0.2, -0.15) is 0 Å². The number of carbonyl (C=O) groups excluding carboxylic acids is 1. The van der Waals surface area contributed by atoms with Gasteiger partial charge in [0.2, 0.25) is 0 Å². The maximum atomic E-state index is 11.4. The topological polar surface area (TPSA) is 70.8 Å². The Morgan fingerprint density at radius 2 is 2.24 bits per heavy atom. The Labute approximate surface area is 108 Å². The van der Waals surface area contributed by atoms with Gasteiger partial charge in [0.25, 0.3) is 0 Å². The molecule has 2 amide bonds. The van der Waals surface area contributed by atoms with Crippen molar-refractivity contribution in [1.82, 2.24) is 15.1 Å². The van der Waals surface area contributed by atoms with Gasteiger partial charge < -0.3 is 20.7 Å². The number of nitrogens with two attached hydrogens (primary N) is 1. The molecule has 6 nitrogen and oxygen atoms in total. The standard InChI is InChI=1S/C10H20N4O2.ClH/c11-1-5-16-6-4-13-2-3-14-9(8-13)7-12-10(14)15;/h9H,1-8,11H2,(H,12,15);1H. The van der Waals surface area contributed by atoms with Crippen molar-refractivity contribution < 1.29 is 9.53 Å². The molecule has 1 atom stereocenters. The minimum absolute atomic E-state index is 0. The zero-order chi connectivity index (χ0) is 11.4. The molecule has 17 heavy (non-hydrogen) atoms. The maximum absolute atomic E-state index is 11.4. The molecule has 0 aliphatic carbocycles. The smallest absolute Gasteiger partial charge is 0.317 e. The van der Waals surface area contributed by atoms with Gasteiger partial charge in [-0.3, -0.25) is 4.90 Å². The number of fused-ring (bicyclic) bond motifs is 1. The second-order valence-electron chi connectivity index (χ2n) is 4.23. The summed E-state index contributed by atoms with van der Waals surface area (Å²) in [6, 6.07) is 0.430. The number of halogens is 1. The molecule has 0 bridgehead atoms. The van der Waals surface area contributed by atoms with Gasteiger partial charge in [0.05, 0.1) is 19.3 Å². The molecule has 1 unspecified atom stereocenters. The number of nitrogens with zero attached hydrogens (tertiary/aromatic N) is 2. The van der Waals surface area contributed by atoms with Crippen molar-refractivity contribution in [3.8, 4) is 0 Å². The van der Waals surface area contributed by atoms with E-state index in [1.165, 1.54) is 0 Å². The van der Waals surface area contributed by atoms with Crippen LogP contribution in [-0.2, 0) is 4.74 Å². The zero-order valence-electron chi connectivity index (χ0n) is 9.93. The summed E-state index contributed by atoms with van der Waals surface area (Å²) in [7, 11) is 0. The van der Waals surface area contributed by atoms with E-state index in [4.69, 9.17) is 10.5 Å². The van der Waals surface area contributed by atoms with Gasteiger partial charge >= 0.3 is 6.03 Å². The highest BCUT2D eigenvalue weighted by Crippen LogP contribution is 2.13. The fourth-order valence-corrected chi connectivity index (χ4v) is 2.25. The molecule has 2 rings (SSSR count). The largest absolute Gasteiger partial charge is 0.379 e. The van der Waals surface area contributed by atoms with Crippen LogP contribution >= 0.6 is 12.4 Å². The van der Waals surface area contributed by atoms with Crippen LogP contribution < -0.4 is 11.1 Å². The third-order valence-electron chi connectivity index (χ3n) is 3.13. The fourth-order valence-electron chi connectivity index (χ4n) is 2.25. The monoisotopic (exact) mass is 264 g/mol. The normalized spacial score (nSPS) is 24.2. The number of piperazine rings is 1. The summed E-state index contributed by atoms with van der Waals surface area (Å²) in [6.45, 7) is 6.36. The Bertz CT molecular complexity index is 254. The number of hydrogen-bond acceptors (Lipinski definition) is 4. The molecule has 0 saturated carbocycles. The van der Waals surface area contributed by atoms with Gasteiger partial charge in [0.15, 0.2) is 0 Å². The van der Waals surface area contributed by atoms with E-state index in [1.54, 1.807) is 0 Å². The molecule has 0 spiro atoms. The van der Waals surface area contributed by atoms with E-state index < -0.39 is 0 Å². The van der Waals surface area contributed by atoms with Gasteiger partial charge in [-0.1, -0.05) is 0 Å². The highest BCUT2D eigenvalue weighted by atomic mass is 35.5. The first-order valence-corrected chi connectivity index (χ1v) is 5.86. The van der Waals surface area contributed by atoms with E-state index in [-0.39, 0.29) is 18.4 Å². The van der Waals surface area contributed by atoms with Crippen LogP contribution in [0.3, 0.4) is 0 Å². The van der Waals surface area contributed by atoms with Crippen molar-refractivity contribution in [2.45, 2.75) is 6.04 Å². The molecule has 2 saturated heterocycles. The van der Waals surface area contributed by atoms with Crippen LogP contribution in [0.25, 0.3) is 0 Å². The number of nitrogens with one attached hydrogen (secondary N) is 1. The van der Waals surface area contributed by atoms with Crippen molar-refractivity contribution in [2.75, 3.05) is 52.5 Å². The van der Waals surface area contributed by atoms with Crippen molar-refractivity contribution in [1.29, 1.82) is 0 Å². The highest BCUT2D eigenvalue weighted by Gasteiger charge is 2.34. The lowest BCUT2D eigenvalue weighted by molar-refractivity contribution is 0.0746. The van der Waals surface area contributed by atoms with Crippen molar-refractivity contribution >= 4 is 18.4 Å². The van der Waals surface area contributed by atoms with Crippen LogP contribution in [0.2, 0.25) is 0 Å². The van der Waals surface area contributed by atoms with Crippen LogP contribution in [0.15, 0.2) is 0 Å². The maximum Gasteiger partial charge on any atom is 0.317 e. The van der Waals surface area contributed by atoms with Crippen molar-refractivity contribution in [3.05, 3.63) is 0 Å². The van der Waals surface area contributed by atoms with Gasteiger partial charge in [0, 0.05) is 39.3 Å². The minimum atomic E-state index is 0. The first-order chi connectivity index (χ1) is 7.81. The Balaban J connectivity index is 0.00000144. The summed E-state index contributed by atoms with van der Waals surface area (Å²) in [5.74, 6) is 0. The Hall–Kier alpha value is -0.560. The van der Waals surface area contributed by atoms with E-state index >= 15 is 0 Å². The van der Waals surface area contributed by atoms with Crippen LogP contribution in [0, 0.1) is 0 Å². The third kappa shape index (κ3) is 3.70. The Morgan fingerprint density at radius 1 is 1.41 bits per heavy atom. The number of urea groups is 1. The number of hydrogen-bond donors (Lipinski definition) is 2. The highest BCUT2D eigenvalue weighted by molar-refractivity contribution is 5.85. The van der Waals surface area contributed by atoms with E-state index in [0.717, 1.165) is 39.3 Å². The molecule has 2 aliphatic rings. The predicted octanol–water partition coefficient (Wildman–Crippen LogP) is -0.907. The Kier molecular flexibility index (Phi) is 5.97. The van der Waals surface area contributed by atoms with E-state index in [2.05, 4.69) is 10.2 Å². The summed E-state index contributed by atoms with van der Waals surface area (Å²) in [4.78, 5) is 15.6. The summed E-state index contributed by atoms with van der Waals surface area (Å²) in [5, 5.41) is 2.87. The molecule has 2 fully saturated rings. The summed E-state index contributed by atoms with van der Waals surface area (Å²) >= 11 is 0. The molecule has 0 aromatic carbocycles. The summed E-state index contributed by atoms with van der Waals surface area (Å²) in [6.07, 6.45) is 0. The van der Waals surface area contributed by atoms with E-state index in [1.807, 2.05) is 4.90 Å². The van der Waals surface area contributed by atoms with E-state index in [0.29, 0.717) is 19.2 Å². The van der Waals surface area contributed by atoms with Gasteiger partial charge in [0.1, 0.15) is 0 Å². The molecule has 7 heteroatoms. The predicted molar refractivity (Wildman–Crippen MR) is 67.5 cm³/mol. The quantitative estimate of drug-likeness (QED) is 0.631. The molecule has 100 valence electrons. The SMILES string of the molecule is Cl.NCCOCCN1CCN2C(=O)NCC2C1. The van der Waals surface area contributed by atoms with Crippen LogP contribution in [0.1, 0.15) is 0 Å². The third-order valence-corrected chi connectivity index (χ3v) is 3.13. The molecule has 2 heterocycles. The fraction of sp³-hybridized carbons (Fsp3) is 0.900. The van der Waals surface area contributed by atoms with Crippen LogP contribution in [0.5, 0.6) is 0 Å². The molecule has 2 aliphatic heterocycles. The zero-order valence-corrected chi connectivity index (χ0v) is 10.7. The lowest BCUT2D eigenvalue weighted by Crippen LogP contribution is -2.52. The molecule has 0 aromatic heterocycles. The number of amides is 2. The van der Waals surface area contributed by atoms with Crippen molar-refractivity contribution in [2.24, 2.45) is 5.73 Å². The minimum Gasteiger partial charge on any atom is -0.379 e. The molecular weight excluding hydrogens is 244 g/mol. The average Bonchev–Trinajstić information content (AvgIpc) is 2.66.